The summed E-state index contributed by atoms with van der Waals surface area (Å²) in [5, 5.41) is 34.1. The van der Waals surface area contributed by atoms with Crippen molar-refractivity contribution in [3.05, 3.63) is 0 Å². The van der Waals surface area contributed by atoms with Crippen molar-refractivity contribution in [2.45, 2.75) is 145 Å². The van der Waals surface area contributed by atoms with Gasteiger partial charge in [0.15, 0.2) is 0 Å². The minimum Gasteiger partial charge on any atom is -0.316 e. The first-order chi connectivity index (χ1) is 22.5. The standard InChI is InChI=1S/2C7H14N2.2C6H11N.2C5H10N2.CH4/c1-3-7(8-5-1)4-2-6-9-7;1-2-7(9-4-1)3-5-8-6-7;1-2-6(3-1)4-7-5-6;1-2-6(3-1)4-5-7-6;1-3-6-5(1)2-4-7-5;1-2-7-5(1)3-6-4-5;/h2*8-9H,1-6H2;2*7H,1-5H2;2*6-7H,1-4H2;1H4. The zero-order valence-corrected chi connectivity index (χ0v) is 29.2. The quantitative estimate of drug-likeness (QED) is 0.189. The van der Waals surface area contributed by atoms with Crippen LogP contribution in [-0.2, 0) is 0 Å². The molecule has 2 saturated carbocycles. The predicted molar refractivity (Wildman–Crippen MR) is 196 cm³/mol. The van der Waals surface area contributed by atoms with E-state index in [1.807, 2.05) is 0 Å². The molecule has 0 aromatic rings. The summed E-state index contributed by atoms with van der Waals surface area (Å²) in [6.45, 7) is 16.1. The summed E-state index contributed by atoms with van der Waals surface area (Å²) < 4.78 is 0. The lowest BCUT2D eigenvalue weighted by Gasteiger charge is -2.51. The average Bonchev–Trinajstić information content (AvgIpc) is 3.67. The lowest BCUT2D eigenvalue weighted by Crippen LogP contribution is -2.74. The second-order valence-corrected chi connectivity index (χ2v) is 17.1. The molecule has 12 aliphatic rings. The molecule has 0 aromatic carbocycles. The highest BCUT2D eigenvalue weighted by Crippen LogP contribution is 2.43. The summed E-state index contributed by atoms with van der Waals surface area (Å²) in [4.78, 5) is 0. The third kappa shape index (κ3) is 8.74. The Morgan fingerprint density at radius 1 is 0.277 bits per heavy atom. The summed E-state index contributed by atoms with van der Waals surface area (Å²) in [6, 6.07) is 0. The monoisotopic (exact) mass is 659 g/mol. The summed E-state index contributed by atoms with van der Waals surface area (Å²) in [7, 11) is 0. The lowest BCUT2D eigenvalue weighted by molar-refractivity contribution is 0.0603. The van der Waals surface area contributed by atoms with Crippen molar-refractivity contribution in [3.63, 3.8) is 0 Å². The van der Waals surface area contributed by atoms with Gasteiger partial charge in [-0.2, -0.15) is 0 Å². The molecule has 10 heterocycles. The van der Waals surface area contributed by atoms with Gasteiger partial charge >= 0.3 is 0 Å². The van der Waals surface area contributed by atoms with Gasteiger partial charge in [0.25, 0.3) is 0 Å². The Bertz CT molecular complexity index is 696. The molecule has 272 valence electrons. The van der Waals surface area contributed by atoms with E-state index in [1.54, 1.807) is 0 Å². The van der Waals surface area contributed by atoms with Gasteiger partial charge in [-0.05, 0) is 161 Å². The Balaban J connectivity index is 0.0000000985. The van der Waals surface area contributed by atoms with E-state index in [1.165, 1.54) is 194 Å². The normalized spacial score (nSPS) is 34.7. The van der Waals surface area contributed by atoms with Crippen molar-refractivity contribution < 1.29 is 0 Å². The largest absolute Gasteiger partial charge is 0.316 e. The maximum absolute atomic E-state index is 3.57. The van der Waals surface area contributed by atoms with Gasteiger partial charge in [0, 0.05) is 49.3 Å². The molecule has 10 nitrogen and oxygen atoms in total. The summed E-state index contributed by atoms with van der Waals surface area (Å²) >= 11 is 0. The van der Waals surface area contributed by atoms with Crippen LogP contribution in [0.2, 0.25) is 0 Å². The molecular formula is C37H74N10. The van der Waals surface area contributed by atoms with E-state index in [9.17, 15) is 0 Å². The van der Waals surface area contributed by atoms with Crippen LogP contribution < -0.4 is 53.2 Å². The molecule has 2 aliphatic carbocycles. The summed E-state index contributed by atoms with van der Waals surface area (Å²) in [5.41, 5.74) is 3.47. The van der Waals surface area contributed by atoms with Crippen molar-refractivity contribution in [1.29, 1.82) is 0 Å². The van der Waals surface area contributed by atoms with Gasteiger partial charge in [-0.3, -0.25) is 21.3 Å². The Labute approximate surface area is 287 Å². The molecule has 10 saturated heterocycles. The van der Waals surface area contributed by atoms with Gasteiger partial charge in [0.05, 0.1) is 11.3 Å². The lowest BCUT2D eigenvalue weighted by atomic mass is 9.65. The fourth-order valence-electron chi connectivity index (χ4n) is 9.40. The van der Waals surface area contributed by atoms with Gasteiger partial charge < -0.3 is 31.9 Å². The highest BCUT2D eigenvalue weighted by Gasteiger charge is 2.43. The second kappa shape index (κ2) is 15.9. The molecule has 47 heavy (non-hydrogen) atoms. The van der Waals surface area contributed by atoms with E-state index in [2.05, 4.69) is 53.2 Å². The summed E-state index contributed by atoms with van der Waals surface area (Å²) in [6.07, 6.45) is 23.9. The van der Waals surface area contributed by atoms with Crippen LogP contribution in [0.15, 0.2) is 0 Å². The molecular weight excluding hydrogens is 584 g/mol. The van der Waals surface area contributed by atoms with Crippen LogP contribution in [-0.4, -0.2) is 113 Å². The van der Waals surface area contributed by atoms with Gasteiger partial charge in [-0.25, -0.2) is 0 Å². The van der Waals surface area contributed by atoms with Gasteiger partial charge in [0.1, 0.15) is 0 Å². The van der Waals surface area contributed by atoms with Crippen LogP contribution in [0, 0.1) is 5.41 Å². The Morgan fingerprint density at radius 2 is 0.723 bits per heavy atom. The van der Waals surface area contributed by atoms with Crippen LogP contribution >= 0.6 is 0 Å². The molecule has 0 aromatic heterocycles. The third-order valence-corrected chi connectivity index (χ3v) is 14.0. The first kappa shape index (κ1) is 36.4. The first-order valence-corrected chi connectivity index (χ1v) is 19.9. The number of nitrogens with one attached hydrogen (secondary N) is 10. The molecule has 10 N–H and O–H groups in total. The van der Waals surface area contributed by atoms with Crippen molar-refractivity contribution in [2.24, 2.45) is 5.41 Å². The average molecular weight is 659 g/mol. The van der Waals surface area contributed by atoms with Gasteiger partial charge in [0.2, 0.25) is 0 Å². The Morgan fingerprint density at radius 3 is 0.894 bits per heavy atom. The highest BCUT2D eigenvalue weighted by molar-refractivity contribution is 5.07. The van der Waals surface area contributed by atoms with Crippen LogP contribution in [0.3, 0.4) is 0 Å². The number of hydrogen-bond acceptors (Lipinski definition) is 10. The fraction of sp³-hybridized carbons (Fsp3) is 1.00. The van der Waals surface area contributed by atoms with E-state index in [-0.39, 0.29) is 7.43 Å². The molecule has 6 spiro atoms. The third-order valence-electron chi connectivity index (χ3n) is 14.0. The van der Waals surface area contributed by atoms with Crippen LogP contribution in [0.5, 0.6) is 0 Å². The molecule has 12 fully saturated rings. The Kier molecular flexibility index (Phi) is 12.3. The minimum absolute atomic E-state index is 0. The zero-order valence-electron chi connectivity index (χ0n) is 29.2. The number of rotatable bonds is 0. The molecule has 1 atom stereocenters. The molecule has 0 radical (unpaired) electrons. The Hall–Kier alpha value is -0.400. The highest BCUT2D eigenvalue weighted by atomic mass is 15.3. The molecule has 10 heteroatoms. The van der Waals surface area contributed by atoms with Crippen molar-refractivity contribution in [1.82, 2.24) is 53.2 Å². The van der Waals surface area contributed by atoms with Crippen LogP contribution in [0.25, 0.3) is 0 Å². The minimum atomic E-state index is 0. The predicted octanol–water partition coefficient (Wildman–Crippen LogP) is 1.84. The maximum atomic E-state index is 3.57. The van der Waals surface area contributed by atoms with Crippen molar-refractivity contribution in [2.75, 3.05) is 85.1 Å². The van der Waals surface area contributed by atoms with E-state index < -0.39 is 0 Å². The topological polar surface area (TPSA) is 120 Å². The maximum Gasteiger partial charge on any atom is 0.0711 e. The molecule has 1 unspecified atom stereocenters. The van der Waals surface area contributed by atoms with E-state index >= 15 is 0 Å². The fourth-order valence-corrected chi connectivity index (χ4v) is 9.40. The van der Waals surface area contributed by atoms with Crippen molar-refractivity contribution >= 4 is 0 Å². The zero-order chi connectivity index (χ0) is 31.3. The van der Waals surface area contributed by atoms with E-state index in [0.717, 1.165) is 5.41 Å². The van der Waals surface area contributed by atoms with E-state index in [0.29, 0.717) is 27.9 Å². The SMILES string of the molecule is C.C1CC2(C1)CCN2.C1CC2(C1)CNC2.C1CC2(CCN2)N1.C1CC2(CNC2)N1.C1CNC2(C1)CCCN2.C1CNC2(C1)CCNC2. The van der Waals surface area contributed by atoms with E-state index in [4.69, 9.17) is 0 Å². The van der Waals surface area contributed by atoms with Crippen LogP contribution in [0.4, 0.5) is 0 Å². The second-order valence-electron chi connectivity index (χ2n) is 17.1. The molecule has 12 rings (SSSR count). The number of hydrogen-bond donors (Lipinski definition) is 10. The van der Waals surface area contributed by atoms with Crippen molar-refractivity contribution in [3.8, 4) is 0 Å². The molecule has 0 amide bonds. The first-order valence-electron chi connectivity index (χ1n) is 19.9. The molecule has 10 aliphatic heterocycles. The van der Waals surface area contributed by atoms with Gasteiger partial charge in [-0.15, -0.1) is 0 Å². The van der Waals surface area contributed by atoms with Gasteiger partial charge in [-0.1, -0.05) is 13.8 Å². The smallest absolute Gasteiger partial charge is 0.0711 e. The summed E-state index contributed by atoms with van der Waals surface area (Å²) in [5.74, 6) is 0. The van der Waals surface area contributed by atoms with Crippen LogP contribution in [0.1, 0.15) is 117 Å². The molecule has 0 bridgehead atoms.